The number of aromatic nitrogens is 1. The maximum absolute atomic E-state index is 12.3. The molecule has 1 aliphatic rings. The number of rotatable bonds is 5. The van der Waals surface area contributed by atoms with Crippen molar-refractivity contribution in [2.75, 3.05) is 39.3 Å². The first-order chi connectivity index (χ1) is 10.5. The molecule has 8 nitrogen and oxygen atoms in total. The molecule has 0 bridgehead atoms. The van der Waals surface area contributed by atoms with Crippen LogP contribution in [0.4, 0.5) is 0 Å². The molecule has 0 unspecified atom stereocenters. The molecule has 23 heavy (non-hydrogen) atoms. The highest BCUT2D eigenvalue weighted by molar-refractivity contribution is 7.89. The van der Waals surface area contributed by atoms with E-state index in [0.717, 1.165) is 26.2 Å². The summed E-state index contributed by atoms with van der Waals surface area (Å²) >= 11 is 0. The van der Waals surface area contributed by atoms with E-state index in [9.17, 15) is 13.2 Å². The van der Waals surface area contributed by atoms with Gasteiger partial charge in [-0.2, -0.15) is 0 Å². The van der Waals surface area contributed by atoms with Gasteiger partial charge in [0.2, 0.25) is 10.0 Å². The standard InChI is InChI=1S/C13H18N4O4S.ClH/c18-13-16-11-9-10(1-2-12(11)21-13)22(19,20)15-5-8-17-6-3-14-4-7-17;/h1-2,9,14-15H,3-8H2,(H,16,18);1H. The SMILES string of the molecule is Cl.O=c1[nH]c2cc(S(=O)(=O)NCCN3CCNCC3)ccc2o1. The number of hydrogen-bond acceptors (Lipinski definition) is 6. The molecule has 1 aromatic carbocycles. The largest absolute Gasteiger partial charge is 0.417 e. The fourth-order valence-corrected chi connectivity index (χ4v) is 3.50. The number of aromatic amines is 1. The summed E-state index contributed by atoms with van der Waals surface area (Å²) in [6.45, 7) is 4.72. The number of nitrogens with zero attached hydrogens (tertiary/aromatic N) is 1. The number of benzene rings is 1. The molecule has 0 aliphatic carbocycles. The van der Waals surface area contributed by atoms with Gasteiger partial charge in [-0.25, -0.2) is 17.9 Å². The zero-order valence-electron chi connectivity index (χ0n) is 12.4. The molecule has 0 saturated carbocycles. The van der Waals surface area contributed by atoms with Gasteiger partial charge < -0.3 is 9.73 Å². The van der Waals surface area contributed by atoms with Crippen LogP contribution in [-0.4, -0.2) is 57.6 Å². The van der Waals surface area contributed by atoms with Crippen LogP contribution < -0.4 is 15.8 Å². The summed E-state index contributed by atoms with van der Waals surface area (Å²) in [4.78, 5) is 15.9. The fourth-order valence-electron chi connectivity index (χ4n) is 2.45. The molecule has 3 rings (SSSR count). The first kappa shape index (κ1) is 18.0. The summed E-state index contributed by atoms with van der Waals surface area (Å²) in [5.41, 5.74) is 0.708. The van der Waals surface area contributed by atoms with Crippen molar-refractivity contribution in [3.8, 4) is 0 Å². The third-order valence-corrected chi connectivity index (χ3v) is 5.09. The van der Waals surface area contributed by atoms with Gasteiger partial charge in [0.25, 0.3) is 0 Å². The van der Waals surface area contributed by atoms with Crippen LogP contribution in [0.2, 0.25) is 0 Å². The highest BCUT2D eigenvalue weighted by Gasteiger charge is 2.16. The molecule has 3 N–H and O–H groups in total. The summed E-state index contributed by atoms with van der Waals surface area (Å²) < 4.78 is 32.0. The van der Waals surface area contributed by atoms with Gasteiger partial charge in [0, 0.05) is 39.3 Å². The van der Waals surface area contributed by atoms with Crippen LogP contribution in [0.5, 0.6) is 0 Å². The van der Waals surface area contributed by atoms with Crippen molar-refractivity contribution < 1.29 is 12.8 Å². The average Bonchev–Trinajstić information content (AvgIpc) is 2.87. The Kier molecular flexibility index (Phi) is 5.82. The predicted octanol–water partition coefficient (Wildman–Crippen LogP) is -0.274. The van der Waals surface area contributed by atoms with Gasteiger partial charge in [0.15, 0.2) is 5.58 Å². The second-order valence-corrected chi connectivity index (χ2v) is 6.93. The van der Waals surface area contributed by atoms with E-state index in [1.54, 1.807) is 0 Å². The number of nitrogens with one attached hydrogen (secondary N) is 3. The number of piperazine rings is 1. The zero-order valence-corrected chi connectivity index (χ0v) is 14.0. The van der Waals surface area contributed by atoms with Gasteiger partial charge in [-0.05, 0) is 18.2 Å². The third kappa shape index (κ3) is 4.33. The van der Waals surface area contributed by atoms with E-state index in [2.05, 4.69) is 19.9 Å². The van der Waals surface area contributed by atoms with E-state index in [4.69, 9.17) is 4.42 Å². The highest BCUT2D eigenvalue weighted by Crippen LogP contribution is 2.16. The average molecular weight is 363 g/mol. The van der Waals surface area contributed by atoms with Gasteiger partial charge in [-0.1, -0.05) is 0 Å². The summed E-state index contributed by atoms with van der Waals surface area (Å²) in [6.07, 6.45) is 0. The Morgan fingerprint density at radius 3 is 2.74 bits per heavy atom. The van der Waals surface area contributed by atoms with Gasteiger partial charge >= 0.3 is 5.76 Å². The summed E-state index contributed by atoms with van der Waals surface area (Å²) in [5, 5.41) is 3.25. The molecule has 2 heterocycles. The highest BCUT2D eigenvalue weighted by atomic mass is 35.5. The Balaban J connectivity index is 0.00000192. The Labute approximate surface area is 139 Å². The number of fused-ring (bicyclic) bond motifs is 1. The van der Waals surface area contributed by atoms with E-state index in [-0.39, 0.29) is 17.3 Å². The van der Waals surface area contributed by atoms with Crippen molar-refractivity contribution in [1.82, 2.24) is 19.9 Å². The Morgan fingerprint density at radius 2 is 2.00 bits per heavy atom. The maximum Gasteiger partial charge on any atom is 0.417 e. The monoisotopic (exact) mass is 362 g/mol. The molecule has 0 amide bonds. The van der Waals surface area contributed by atoms with Gasteiger partial charge in [-0.3, -0.25) is 9.88 Å². The first-order valence-corrected chi connectivity index (χ1v) is 8.58. The second-order valence-electron chi connectivity index (χ2n) is 5.16. The number of halogens is 1. The van der Waals surface area contributed by atoms with E-state index in [1.807, 2.05) is 0 Å². The first-order valence-electron chi connectivity index (χ1n) is 7.10. The van der Waals surface area contributed by atoms with Crippen LogP contribution in [0.1, 0.15) is 0 Å². The van der Waals surface area contributed by atoms with Crippen LogP contribution >= 0.6 is 12.4 Å². The topological polar surface area (TPSA) is 107 Å². The Bertz CT molecular complexity index is 811. The number of hydrogen-bond donors (Lipinski definition) is 3. The Hall–Kier alpha value is -1.39. The van der Waals surface area contributed by atoms with Crippen molar-refractivity contribution in [3.05, 3.63) is 28.7 Å². The normalized spacial score (nSPS) is 16.3. The lowest BCUT2D eigenvalue weighted by Crippen LogP contribution is -2.46. The molecule has 0 radical (unpaired) electrons. The summed E-state index contributed by atoms with van der Waals surface area (Å²) in [5.74, 6) is -0.601. The number of sulfonamides is 1. The van der Waals surface area contributed by atoms with Gasteiger partial charge in [0.1, 0.15) is 0 Å². The smallest absolute Gasteiger partial charge is 0.408 e. The lowest BCUT2D eigenvalue weighted by atomic mass is 10.3. The zero-order chi connectivity index (χ0) is 15.6. The van der Waals surface area contributed by atoms with Crippen molar-refractivity contribution in [1.29, 1.82) is 0 Å². The summed E-state index contributed by atoms with van der Waals surface area (Å²) in [6, 6.07) is 4.29. The van der Waals surface area contributed by atoms with Crippen molar-refractivity contribution in [3.63, 3.8) is 0 Å². The predicted molar refractivity (Wildman–Crippen MR) is 88.6 cm³/mol. The molecule has 1 aliphatic heterocycles. The minimum absolute atomic E-state index is 0. The van der Waals surface area contributed by atoms with Crippen LogP contribution in [-0.2, 0) is 10.0 Å². The van der Waals surface area contributed by atoms with Crippen LogP contribution in [0, 0.1) is 0 Å². The van der Waals surface area contributed by atoms with Crippen LogP contribution in [0.15, 0.2) is 32.3 Å². The Morgan fingerprint density at radius 1 is 1.26 bits per heavy atom. The minimum Gasteiger partial charge on any atom is -0.408 e. The van der Waals surface area contributed by atoms with E-state index in [0.29, 0.717) is 24.2 Å². The van der Waals surface area contributed by atoms with Crippen molar-refractivity contribution in [2.24, 2.45) is 0 Å². The van der Waals surface area contributed by atoms with Crippen molar-refractivity contribution in [2.45, 2.75) is 4.90 Å². The quantitative estimate of drug-likeness (QED) is 0.675. The molecular formula is C13H19ClN4O4S. The van der Waals surface area contributed by atoms with Gasteiger partial charge in [0.05, 0.1) is 10.4 Å². The van der Waals surface area contributed by atoms with Crippen LogP contribution in [0.3, 0.4) is 0 Å². The number of oxazole rings is 1. The fraction of sp³-hybridized carbons (Fsp3) is 0.462. The molecule has 1 aromatic heterocycles. The van der Waals surface area contributed by atoms with Crippen molar-refractivity contribution >= 4 is 33.5 Å². The lowest BCUT2D eigenvalue weighted by Gasteiger charge is -2.27. The van der Waals surface area contributed by atoms with E-state index in [1.165, 1.54) is 18.2 Å². The minimum atomic E-state index is -3.60. The second kappa shape index (κ2) is 7.45. The lowest BCUT2D eigenvalue weighted by molar-refractivity contribution is 0.245. The molecule has 0 atom stereocenters. The molecule has 2 aromatic rings. The molecular weight excluding hydrogens is 344 g/mol. The maximum atomic E-state index is 12.3. The molecule has 128 valence electrons. The molecule has 1 saturated heterocycles. The molecule has 10 heteroatoms. The van der Waals surface area contributed by atoms with Crippen LogP contribution in [0.25, 0.3) is 11.1 Å². The third-order valence-electron chi connectivity index (χ3n) is 3.63. The molecule has 0 spiro atoms. The van der Waals surface area contributed by atoms with E-state index >= 15 is 0 Å². The van der Waals surface area contributed by atoms with Gasteiger partial charge in [-0.15, -0.1) is 12.4 Å². The summed E-state index contributed by atoms with van der Waals surface area (Å²) in [7, 11) is -3.60. The molecule has 1 fully saturated rings. The number of H-pyrrole nitrogens is 1. The van der Waals surface area contributed by atoms with E-state index < -0.39 is 15.8 Å².